The Morgan fingerprint density at radius 1 is 1.08 bits per heavy atom. The van der Waals surface area contributed by atoms with Crippen LogP contribution < -0.4 is 0 Å². The van der Waals surface area contributed by atoms with Crippen LogP contribution >= 0.6 is 0 Å². The van der Waals surface area contributed by atoms with Crippen molar-refractivity contribution in [3.8, 4) is 0 Å². The molecular formula is C23H32FeO2. The maximum absolute atomic E-state index is 11.1. The number of allylic oxidation sites excluding steroid dienone is 8. The van der Waals surface area contributed by atoms with Crippen molar-refractivity contribution in [3.63, 3.8) is 0 Å². The number of hydrogen-bond donors (Lipinski definition) is 0. The molecule has 2 aliphatic carbocycles. The minimum atomic E-state index is -0.267. The van der Waals surface area contributed by atoms with Crippen LogP contribution in [0.5, 0.6) is 0 Å². The van der Waals surface area contributed by atoms with Crippen molar-refractivity contribution in [1.82, 2.24) is 0 Å². The number of carbonyl (C=O) groups is 1. The SMILES string of the molecule is C=C(C)C(=O)OCCCCCCCCCC1[C-]=CC=C1.[C-]1=CC=CC1.[Fe+2]. The zero-order chi connectivity index (χ0) is 18.2. The van der Waals surface area contributed by atoms with E-state index in [1.807, 2.05) is 18.2 Å². The molecule has 0 bridgehead atoms. The monoisotopic (exact) mass is 396 g/mol. The fourth-order valence-corrected chi connectivity index (χ4v) is 2.58. The predicted octanol–water partition coefficient (Wildman–Crippen LogP) is 6.08. The summed E-state index contributed by atoms with van der Waals surface area (Å²) < 4.78 is 5.05. The summed E-state index contributed by atoms with van der Waals surface area (Å²) in [6.07, 6.45) is 29.4. The van der Waals surface area contributed by atoms with E-state index in [0.29, 0.717) is 18.1 Å². The first-order valence-corrected chi connectivity index (χ1v) is 9.50. The number of esters is 1. The Balaban J connectivity index is 0.000000893. The molecule has 2 aliphatic rings. The van der Waals surface area contributed by atoms with Crippen LogP contribution in [0.3, 0.4) is 0 Å². The van der Waals surface area contributed by atoms with Crippen molar-refractivity contribution in [2.75, 3.05) is 6.61 Å². The summed E-state index contributed by atoms with van der Waals surface area (Å²) in [5.41, 5.74) is 0.481. The summed E-state index contributed by atoms with van der Waals surface area (Å²) >= 11 is 0. The van der Waals surface area contributed by atoms with E-state index in [9.17, 15) is 4.79 Å². The van der Waals surface area contributed by atoms with Crippen LogP contribution in [0.4, 0.5) is 0 Å². The van der Waals surface area contributed by atoms with Crippen LogP contribution in [0.15, 0.2) is 48.6 Å². The molecule has 26 heavy (non-hydrogen) atoms. The van der Waals surface area contributed by atoms with E-state index in [1.165, 1.54) is 38.5 Å². The van der Waals surface area contributed by atoms with Gasteiger partial charge in [-0.1, -0.05) is 57.4 Å². The Kier molecular flexibility index (Phi) is 16.3. The third-order valence-corrected chi connectivity index (χ3v) is 4.08. The van der Waals surface area contributed by atoms with Gasteiger partial charge in [0, 0.05) is 5.57 Å². The third kappa shape index (κ3) is 13.9. The van der Waals surface area contributed by atoms with Crippen LogP contribution in [-0.2, 0) is 26.6 Å². The van der Waals surface area contributed by atoms with Crippen LogP contribution in [0.2, 0.25) is 0 Å². The van der Waals surface area contributed by atoms with Gasteiger partial charge in [-0.3, -0.25) is 12.2 Å². The second-order valence-electron chi connectivity index (χ2n) is 6.51. The molecule has 2 nitrogen and oxygen atoms in total. The Labute approximate surface area is 170 Å². The molecule has 0 aromatic rings. The molecule has 0 amide bonds. The fraction of sp³-hybridized carbons (Fsp3) is 0.522. The molecule has 0 spiro atoms. The number of hydrogen-bond acceptors (Lipinski definition) is 2. The molecule has 2 rings (SSSR count). The zero-order valence-corrected chi connectivity index (χ0v) is 17.1. The van der Waals surface area contributed by atoms with E-state index in [4.69, 9.17) is 4.74 Å². The minimum Gasteiger partial charge on any atom is -0.462 e. The number of rotatable bonds is 11. The molecule has 0 N–H and O–H groups in total. The van der Waals surface area contributed by atoms with Crippen molar-refractivity contribution in [2.45, 2.75) is 64.7 Å². The summed E-state index contributed by atoms with van der Waals surface area (Å²) in [6, 6.07) is 0. The van der Waals surface area contributed by atoms with Gasteiger partial charge in [0.25, 0.3) is 0 Å². The smallest absolute Gasteiger partial charge is 0.462 e. The van der Waals surface area contributed by atoms with Gasteiger partial charge in [-0.25, -0.2) is 29.1 Å². The second kappa shape index (κ2) is 17.1. The molecule has 144 valence electrons. The molecule has 3 heteroatoms. The van der Waals surface area contributed by atoms with E-state index in [1.54, 1.807) is 6.92 Å². The number of carbonyl (C=O) groups excluding carboxylic acids is 1. The van der Waals surface area contributed by atoms with Gasteiger partial charge in [0.2, 0.25) is 0 Å². The Morgan fingerprint density at radius 2 is 1.77 bits per heavy atom. The van der Waals surface area contributed by atoms with Crippen LogP contribution in [0.1, 0.15) is 64.7 Å². The number of unbranched alkanes of at least 4 members (excludes halogenated alkanes) is 6. The van der Waals surface area contributed by atoms with Crippen molar-refractivity contribution in [1.29, 1.82) is 0 Å². The first kappa shape index (κ1) is 24.7. The van der Waals surface area contributed by atoms with Crippen LogP contribution in [0, 0.1) is 18.1 Å². The summed E-state index contributed by atoms with van der Waals surface area (Å²) in [4.78, 5) is 11.1. The molecule has 0 heterocycles. The molecule has 0 aromatic heterocycles. The average molecular weight is 396 g/mol. The predicted molar refractivity (Wildman–Crippen MR) is 105 cm³/mol. The van der Waals surface area contributed by atoms with E-state index >= 15 is 0 Å². The van der Waals surface area contributed by atoms with Crippen molar-refractivity contribution in [3.05, 3.63) is 60.8 Å². The fourth-order valence-electron chi connectivity index (χ4n) is 2.58. The first-order valence-electron chi connectivity index (χ1n) is 9.50. The average Bonchev–Trinajstić information content (AvgIpc) is 3.32. The quantitative estimate of drug-likeness (QED) is 0.139. The minimum absolute atomic E-state index is 0. The van der Waals surface area contributed by atoms with Gasteiger partial charge in [-0.2, -0.15) is 12.2 Å². The van der Waals surface area contributed by atoms with E-state index < -0.39 is 0 Å². The molecule has 0 fully saturated rings. The van der Waals surface area contributed by atoms with Crippen LogP contribution in [-0.4, -0.2) is 12.6 Å². The van der Waals surface area contributed by atoms with E-state index in [0.717, 1.165) is 19.3 Å². The van der Waals surface area contributed by atoms with Gasteiger partial charge in [0.15, 0.2) is 0 Å². The number of ether oxygens (including phenoxy) is 1. The van der Waals surface area contributed by atoms with Gasteiger partial charge in [0.1, 0.15) is 0 Å². The second-order valence-corrected chi connectivity index (χ2v) is 6.51. The van der Waals surface area contributed by atoms with Crippen molar-refractivity contribution < 1.29 is 26.6 Å². The Hall–Kier alpha value is -1.31. The van der Waals surface area contributed by atoms with Gasteiger partial charge in [0.05, 0.1) is 6.61 Å². The summed E-state index contributed by atoms with van der Waals surface area (Å²) in [5, 5.41) is 0. The van der Waals surface area contributed by atoms with Crippen molar-refractivity contribution >= 4 is 5.97 Å². The molecule has 1 unspecified atom stereocenters. The van der Waals surface area contributed by atoms with E-state index in [-0.39, 0.29) is 23.0 Å². The van der Waals surface area contributed by atoms with Crippen LogP contribution in [0.25, 0.3) is 0 Å². The van der Waals surface area contributed by atoms with Gasteiger partial charge in [-0.05, 0) is 13.3 Å². The topological polar surface area (TPSA) is 26.3 Å². The Morgan fingerprint density at radius 3 is 2.27 bits per heavy atom. The third-order valence-electron chi connectivity index (χ3n) is 4.08. The molecular weight excluding hydrogens is 364 g/mol. The van der Waals surface area contributed by atoms with Gasteiger partial charge in [-0.15, -0.1) is 6.42 Å². The molecule has 0 saturated carbocycles. The van der Waals surface area contributed by atoms with Crippen molar-refractivity contribution in [2.24, 2.45) is 5.92 Å². The zero-order valence-electron chi connectivity index (χ0n) is 16.0. The van der Waals surface area contributed by atoms with Gasteiger partial charge < -0.3 is 4.74 Å². The molecule has 0 aromatic carbocycles. The van der Waals surface area contributed by atoms with E-state index in [2.05, 4.69) is 37.0 Å². The largest absolute Gasteiger partial charge is 2.00 e. The van der Waals surface area contributed by atoms with Gasteiger partial charge >= 0.3 is 23.0 Å². The Bertz CT molecular complexity index is 478. The molecule has 0 radical (unpaired) electrons. The first-order chi connectivity index (χ1) is 12.2. The summed E-state index contributed by atoms with van der Waals surface area (Å²) in [6.45, 7) is 5.76. The molecule has 1 atom stereocenters. The maximum atomic E-state index is 11.1. The maximum Gasteiger partial charge on any atom is 2.00 e. The molecule has 0 aliphatic heterocycles. The normalized spacial score (nSPS) is 16.1. The molecule has 0 saturated heterocycles. The summed E-state index contributed by atoms with van der Waals surface area (Å²) in [5.74, 6) is 0.301. The standard InChI is InChI=1S/C18H27O2.C5H5.Fe/c1-16(2)18(19)20-15-11-7-5-3-4-6-8-12-17-13-9-10-14-17;1-2-4-5-3-1;/h9-10,13,17H,1,3-8,11-12,15H2,2H3;1-3H,4H2;/q2*-1;+2. The summed E-state index contributed by atoms with van der Waals surface area (Å²) in [7, 11) is 0.